The van der Waals surface area contributed by atoms with Crippen LogP contribution in [0.4, 0.5) is 0 Å². The van der Waals surface area contributed by atoms with Gasteiger partial charge in [0.1, 0.15) is 23.3 Å². The normalized spacial score (nSPS) is 17.2. The fourth-order valence-electron chi connectivity index (χ4n) is 9.49. The number of carboxylic acid groups (broad SMARTS) is 1. The number of carboxylic acids is 1. The van der Waals surface area contributed by atoms with Crippen LogP contribution < -0.4 is 20.3 Å². The van der Waals surface area contributed by atoms with Crippen molar-refractivity contribution in [1.82, 2.24) is 24.0 Å². The average Bonchev–Trinajstić information content (AvgIpc) is 3.92. The minimum absolute atomic E-state index is 0. The molecule has 0 unspecified atom stereocenters. The van der Waals surface area contributed by atoms with Gasteiger partial charge in [0.25, 0.3) is 5.91 Å². The van der Waals surface area contributed by atoms with Gasteiger partial charge in [0, 0.05) is 76.5 Å². The molecule has 3 N–H and O–H groups in total. The molecule has 2 saturated heterocycles. The number of ether oxygens (including phenoxy) is 4. The van der Waals surface area contributed by atoms with E-state index in [-0.39, 0.29) is 40.1 Å². The zero-order chi connectivity index (χ0) is 47.5. The van der Waals surface area contributed by atoms with Gasteiger partial charge < -0.3 is 43.6 Å². The standard InChI is InChI=1S/C26H29N3O4.C20H18N2O4.C7H14O.H2O/c1-4-28-15-21(25(31)29-9-10-32-16-26(29,2)3)24(30)20-13-23(27-14-22(20)28)33-19-11-17-7-5-6-8-18(17)12-19;1-2-22-11-16(20(24)25)19(23)15-9-18(21-10-17(15)22)26-14-7-12-5-3-4-6-13(12)8-14;1-7(2)4-3-5-8-6-7;/h5-8,13-15,19H,4,9-12,16H2,1-3H3;3-6,9-11,14H,2,7-8H2,1H3,(H,24,25);3-6H2,1-2H3;1H2. The summed E-state index contributed by atoms with van der Waals surface area (Å²) in [4.78, 5) is 61.4. The molecule has 10 rings (SSSR count). The molecule has 2 aliphatic carbocycles. The van der Waals surface area contributed by atoms with E-state index in [1.54, 1.807) is 40.2 Å². The zero-order valence-corrected chi connectivity index (χ0v) is 39.9. The average molecular weight is 930 g/mol. The van der Waals surface area contributed by atoms with Crippen molar-refractivity contribution in [2.24, 2.45) is 5.41 Å². The molecule has 360 valence electrons. The second-order valence-electron chi connectivity index (χ2n) is 19.2. The van der Waals surface area contributed by atoms with E-state index in [4.69, 9.17) is 18.9 Å². The lowest BCUT2D eigenvalue weighted by Crippen LogP contribution is -2.56. The van der Waals surface area contributed by atoms with E-state index in [0.29, 0.717) is 71.8 Å². The number of aromatic nitrogens is 4. The van der Waals surface area contributed by atoms with Gasteiger partial charge in [-0.1, -0.05) is 62.4 Å². The summed E-state index contributed by atoms with van der Waals surface area (Å²) < 4.78 is 26.6. The molecule has 6 aromatic rings. The van der Waals surface area contributed by atoms with Crippen LogP contribution in [0.1, 0.15) is 97.4 Å². The van der Waals surface area contributed by atoms with Gasteiger partial charge in [0.05, 0.1) is 59.6 Å². The lowest BCUT2D eigenvalue weighted by Gasteiger charge is -2.42. The van der Waals surface area contributed by atoms with Crippen molar-refractivity contribution in [3.05, 3.63) is 139 Å². The molecule has 4 aromatic heterocycles. The number of carbonyl (C=O) groups excluding carboxylic acids is 1. The number of carbonyl (C=O) groups is 2. The smallest absolute Gasteiger partial charge is 0.341 e. The molecule has 4 aliphatic rings. The van der Waals surface area contributed by atoms with Crippen LogP contribution in [-0.4, -0.2) is 97.2 Å². The molecule has 68 heavy (non-hydrogen) atoms. The first-order chi connectivity index (χ1) is 32.1. The Labute approximate surface area is 396 Å². The highest BCUT2D eigenvalue weighted by Gasteiger charge is 2.36. The molecule has 0 spiro atoms. The van der Waals surface area contributed by atoms with E-state index in [1.165, 1.54) is 41.3 Å². The Morgan fingerprint density at radius 1 is 0.706 bits per heavy atom. The van der Waals surface area contributed by atoms with Crippen LogP contribution in [0.25, 0.3) is 21.8 Å². The van der Waals surface area contributed by atoms with Crippen LogP contribution in [0.2, 0.25) is 0 Å². The number of aryl methyl sites for hydroxylation is 2. The molecule has 15 heteroatoms. The molecule has 15 nitrogen and oxygen atoms in total. The first-order valence-electron chi connectivity index (χ1n) is 23.4. The molecule has 2 fully saturated rings. The molecule has 0 radical (unpaired) electrons. The third kappa shape index (κ3) is 10.8. The number of hydrogen-bond acceptors (Lipinski definition) is 10. The zero-order valence-electron chi connectivity index (χ0n) is 39.9. The topological polar surface area (TPSA) is 196 Å². The van der Waals surface area contributed by atoms with Crippen LogP contribution in [0.5, 0.6) is 11.8 Å². The molecule has 0 atom stereocenters. The molecule has 0 bridgehead atoms. The minimum atomic E-state index is -1.23. The molecule has 2 aliphatic heterocycles. The first kappa shape index (κ1) is 49.5. The van der Waals surface area contributed by atoms with E-state index in [9.17, 15) is 24.3 Å². The molecular weight excluding hydrogens is 867 g/mol. The summed E-state index contributed by atoms with van der Waals surface area (Å²) in [6.45, 7) is 16.7. The predicted molar refractivity (Wildman–Crippen MR) is 260 cm³/mol. The van der Waals surface area contributed by atoms with Crippen molar-refractivity contribution in [2.45, 2.75) is 111 Å². The number of fused-ring (bicyclic) bond motifs is 4. The fraction of sp³-hybridized carbons (Fsp3) is 0.434. The van der Waals surface area contributed by atoms with Gasteiger partial charge in [-0.2, -0.15) is 0 Å². The second-order valence-corrected chi connectivity index (χ2v) is 19.2. The van der Waals surface area contributed by atoms with Gasteiger partial charge in [0.2, 0.25) is 22.6 Å². The summed E-state index contributed by atoms with van der Waals surface area (Å²) in [5, 5.41) is 10.0. The fourth-order valence-corrected chi connectivity index (χ4v) is 9.49. The number of aromatic carboxylic acids is 1. The first-order valence-corrected chi connectivity index (χ1v) is 23.4. The highest BCUT2D eigenvalue weighted by molar-refractivity contribution is 5.98. The predicted octanol–water partition coefficient (Wildman–Crippen LogP) is 6.87. The monoisotopic (exact) mass is 929 g/mol. The third-order valence-corrected chi connectivity index (χ3v) is 13.2. The number of pyridine rings is 4. The Bertz CT molecular complexity index is 2870. The second kappa shape index (κ2) is 20.8. The van der Waals surface area contributed by atoms with Gasteiger partial charge >= 0.3 is 5.97 Å². The van der Waals surface area contributed by atoms with Crippen LogP contribution in [0.3, 0.4) is 0 Å². The van der Waals surface area contributed by atoms with Gasteiger partial charge in [-0.3, -0.25) is 14.4 Å². The van der Waals surface area contributed by atoms with E-state index >= 15 is 0 Å². The van der Waals surface area contributed by atoms with Crippen molar-refractivity contribution >= 4 is 33.7 Å². The van der Waals surface area contributed by atoms with Crippen molar-refractivity contribution in [1.29, 1.82) is 0 Å². The van der Waals surface area contributed by atoms with Crippen LogP contribution in [-0.2, 0) is 48.2 Å². The summed E-state index contributed by atoms with van der Waals surface area (Å²) in [6.07, 6.45) is 12.0. The number of nitrogens with zero attached hydrogens (tertiary/aromatic N) is 5. The van der Waals surface area contributed by atoms with Crippen LogP contribution in [0.15, 0.2) is 95.0 Å². The lowest BCUT2D eigenvalue weighted by molar-refractivity contribution is -0.0371. The molecule has 0 saturated carbocycles. The number of rotatable bonds is 8. The number of hydrogen-bond donors (Lipinski definition) is 1. The Morgan fingerprint density at radius 3 is 1.56 bits per heavy atom. The SMILES string of the molecule is CC1(C)CCCOC1.CCn1cc(C(=O)N2CCOCC2(C)C)c(=O)c2cc(OC3Cc4ccccc4C3)ncc21.CCn1cc(C(=O)O)c(=O)c2cc(OC3Cc4ccccc4C3)ncc21.O. The van der Waals surface area contributed by atoms with E-state index in [1.807, 2.05) is 56.5 Å². The van der Waals surface area contributed by atoms with Crippen molar-refractivity contribution in [3.63, 3.8) is 0 Å². The summed E-state index contributed by atoms with van der Waals surface area (Å²) >= 11 is 0. The lowest BCUT2D eigenvalue weighted by atomic mass is 9.87. The van der Waals surface area contributed by atoms with Crippen molar-refractivity contribution < 1.29 is 39.1 Å². The van der Waals surface area contributed by atoms with E-state index in [2.05, 4.69) is 48.1 Å². The molecule has 1 amide bonds. The van der Waals surface area contributed by atoms with Crippen molar-refractivity contribution in [2.75, 3.05) is 33.0 Å². The van der Waals surface area contributed by atoms with E-state index in [0.717, 1.165) is 38.9 Å². The van der Waals surface area contributed by atoms with Gasteiger partial charge in [0.15, 0.2) is 0 Å². The quantitative estimate of drug-likeness (QED) is 0.167. The Kier molecular flexibility index (Phi) is 15.2. The Balaban J connectivity index is 0.000000174. The third-order valence-electron chi connectivity index (χ3n) is 13.2. The molecule has 2 aromatic carbocycles. The summed E-state index contributed by atoms with van der Waals surface area (Å²) in [5.41, 5.74) is 5.51. The van der Waals surface area contributed by atoms with Crippen LogP contribution >= 0.6 is 0 Å². The van der Waals surface area contributed by atoms with Gasteiger partial charge in [-0.15, -0.1) is 0 Å². The van der Waals surface area contributed by atoms with Crippen LogP contribution in [0, 0.1) is 5.41 Å². The summed E-state index contributed by atoms with van der Waals surface area (Å²) in [7, 11) is 0. The molecule has 6 heterocycles. The Hall–Kier alpha value is -6.42. The number of amides is 1. The molecular formula is C53H63N5O10. The van der Waals surface area contributed by atoms with Gasteiger partial charge in [-0.05, 0) is 68.2 Å². The maximum atomic E-state index is 13.5. The highest BCUT2D eigenvalue weighted by atomic mass is 16.5. The van der Waals surface area contributed by atoms with Gasteiger partial charge in [-0.25, -0.2) is 14.8 Å². The van der Waals surface area contributed by atoms with E-state index < -0.39 is 16.9 Å². The largest absolute Gasteiger partial charge is 0.477 e. The summed E-state index contributed by atoms with van der Waals surface area (Å²) in [5.74, 6) is -0.735. The minimum Gasteiger partial charge on any atom is -0.477 e. The maximum absolute atomic E-state index is 13.5. The van der Waals surface area contributed by atoms with Crippen molar-refractivity contribution in [3.8, 4) is 11.8 Å². The number of morpholine rings is 1. The number of benzene rings is 2. The maximum Gasteiger partial charge on any atom is 0.341 e. The Morgan fingerprint density at radius 2 is 1.16 bits per heavy atom. The highest BCUT2D eigenvalue weighted by Crippen LogP contribution is 2.29. The summed E-state index contributed by atoms with van der Waals surface area (Å²) in [6, 6.07) is 19.8.